The molecule has 346 valence electrons. The SMILES string of the molecule is Cc1cc(C)c(N(c2ccccc2)c2ccc3c(c2)C(CCCCc2ccc4c(c2)CC4)(CCCCc2ccc4c(c2)CC4)c2cc(N(c4ccccc4)c4c(C)cc(C)cc4C)ccc2-3)c(C)c1. The van der Waals surface area contributed by atoms with E-state index in [0.29, 0.717) is 0 Å². The summed E-state index contributed by atoms with van der Waals surface area (Å²) in [4.78, 5) is 5.08. The molecule has 3 aliphatic rings. The summed E-state index contributed by atoms with van der Waals surface area (Å²) in [6, 6.07) is 61.2. The zero-order chi connectivity index (χ0) is 47.2. The maximum Gasteiger partial charge on any atom is 0.0520 e. The van der Waals surface area contributed by atoms with Gasteiger partial charge >= 0.3 is 0 Å². The molecule has 3 aliphatic carbocycles. The lowest BCUT2D eigenvalue weighted by molar-refractivity contribution is 0.407. The topological polar surface area (TPSA) is 6.48 Å². The third-order valence-corrected chi connectivity index (χ3v) is 16.1. The van der Waals surface area contributed by atoms with E-state index in [9.17, 15) is 0 Å². The Bertz CT molecular complexity index is 2930. The van der Waals surface area contributed by atoms with Crippen molar-refractivity contribution in [2.24, 2.45) is 0 Å². The van der Waals surface area contributed by atoms with Gasteiger partial charge in [-0.05, 0) is 232 Å². The fourth-order valence-electron chi connectivity index (χ4n) is 12.8. The molecule has 0 fully saturated rings. The molecule has 0 amide bonds. The second kappa shape index (κ2) is 18.7. The first kappa shape index (κ1) is 44.8. The molecule has 0 N–H and O–H groups in total. The summed E-state index contributed by atoms with van der Waals surface area (Å²) in [5.74, 6) is 0. The monoisotopic (exact) mass is 901 g/mol. The minimum atomic E-state index is -0.183. The average molecular weight is 901 g/mol. The molecule has 0 saturated heterocycles. The molecule has 69 heavy (non-hydrogen) atoms. The Morgan fingerprint density at radius 3 is 1.12 bits per heavy atom. The van der Waals surface area contributed by atoms with Crippen LogP contribution in [-0.4, -0.2) is 0 Å². The largest absolute Gasteiger partial charge is 0.310 e. The van der Waals surface area contributed by atoms with Crippen LogP contribution >= 0.6 is 0 Å². The van der Waals surface area contributed by atoms with E-state index in [1.165, 1.54) is 139 Å². The summed E-state index contributed by atoms with van der Waals surface area (Å²) in [7, 11) is 0. The molecule has 0 saturated carbocycles. The number of nitrogens with zero attached hydrogens (tertiary/aromatic N) is 2. The molecule has 8 aromatic rings. The summed E-state index contributed by atoms with van der Waals surface area (Å²) in [6.07, 6.45) is 14.1. The second-order valence-corrected chi connectivity index (χ2v) is 21.0. The molecule has 0 unspecified atom stereocenters. The minimum absolute atomic E-state index is 0.183. The standard InChI is InChI=1S/C67H68N2/c1-45-37-47(3)65(48(4)38-45)68(57-19-9-7-10-20-57)59-31-33-61-62-34-32-60(69(58-21-11-8-12-22-58)66-49(5)39-46(2)40-50(66)6)44-64(62)67(63(61)43-59,35-15-13-17-51-23-25-53-27-29-55(53)41-51)36-16-14-18-52-24-26-54-28-30-56(54)42-52/h7-12,19-26,31-34,37-44H,13-18,27-30,35-36H2,1-6H3. The summed E-state index contributed by atoms with van der Waals surface area (Å²) >= 11 is 0. The molecule has 0 heterocycles. The van der Waals surface area contributed by atoms with Gasteiger partial charge in [0, 0.05) is 28.2 Å². The van der Waals surface area contributed by atoms with Gasteiger partial charge in [-0.15, -0.1) is 0 Å². The molecule has 0 aromatic heterocycles. The minimum Gasteiger partial charge on any atom is -0.310 e. The van der Waals surface area contributed by atoms with Crippen LogP contribution in [0.2, 0.25) is 0 Å². The van der Waals surface area contributed by atoms with Crippen molar-refractivity contribution in [1.29, 1.82) is 0 Å². The Morgan fingerprint density at radius 1 is 0.362 bits per heavy atom. The number of para-hydroxylation sites is 2. The highest BCUT2D eigenvalue weighted by atomic mass is 15.2. The van der Waals surface area contributed by atoms with Gasteiger partial charge in [-0.2, -0.15) is 0 Å². The molecule has 11 rings (SSSR count). The maximum absolute atomic E-state index is 2.62. The zero-order valence-corrected chi connectivity index (χ0v) is 41.9. The van der Waals surface area contributed by atoms with Crippen LogP contribution in [0.4, 0.5) is 34.1 Å². The van der Waals surface area contributed by atoms with Crippen LogP contribution in [0.25, 0.3) is 11.1 Å². The number of aryl methyl sites for hydroxylation is 12. The molecule has 0 atom stereocenters. The first-order valence-electron chi connectivity index (χ1n) is 26.0. The number of hydrogen-bond acceptors (Lipinski definition) is 2. The van der Waals surface area contributed by atoms with Crippen LogP contribution in [-0.2, 0) is 43.9 Å². The molecule has 0 aliphatic heterocycles. The van der Waals surface area contributed by atoms with Gasteiger partial charge in [0.25, 0.3) is 0 Å². The van der Waals surface area contributed by atoms with E-state index in [-0.39, 0.29) is 5.41 Å². The lowest BCUT2D eigenvalue weighted by atomic mass is 9.70. The molecule has 2 heteroatoms. The summed E-state index contributed by atoms with van der Waals surface area (Å²) in [6.45, 7) is 13.6. The van der Waals surface area contributed by atoms with Crippen molar-refractivity contribution >= 4 is 34.1 Å². The highest BCUT2D eigenvalue weighted by Gasteiger charge is 2.43. The van der Waals surface area contributed by atoms with Gasteiger partial charge in [0.15, 0.2) is 0 Å². The predicted molar refractivity (Wildman–Crippen MR) is 293 cm³/mol. The highest BCUT2D eigenvalue weighted by Crippen LogP contribution is 2.57. The molecular formula is C67H68N2. The van der Waals surface area contributed by atoms with Crippen LogP contribution in [0, 0.1) is 41.5 Å². The Hall–Kier alpha value is -6.64. The molecule has 0 spiro atoms. The first-order valence-corrected chi connectivity index (χ1v) is 26.0. The summed E-state index contributed by atoms with van der Waals surface area (Å²) in [5.41, 5.74) is 30.0. The lowest BCUT2D eigenvalue weighted by Crippen LogP contribution is -2.26. The fourth-order valence-corrected chi connectivity index (χ4v) is 12.8. The van der Waals surface area contributed by atoms with Crippen molar-refractivity contribution < 1.29 is 0 Å². The fraction of sp³-hybridized carbons (Fsp3) is 0.284. The van der Waals surface area contributed by atoms with Gasteiger partial charge in [-0.1, -0.05) is 133 Å². The van der Waals surface area contributed by atoms with Crippen molar-refractivity contribution in [3.05, 3.63) is 236 Å². The third kappa shape index (κ3) is 8.51. The van der Waals surface area contributed by atoms with E-state index in [4.69, 9.17) is 0 Å². The van der Waals surface area contributed by atoms with Crippen LogP contribution in [0.3, 0.4) is 0 Å². The van der Waals surface area contributed by atoms with Crippen molar-refractivity contribution in [3.63, 3.8) is 0 Å². The zero-order valence-electron chi connectivity index (χ0n) is 41.9. The van der Waals surface area contributed by atoms with E-state index in [2.05, 4.69) is 209 Å². The first-order chi connectivity index (χ1) is 33.6. The third-order valence-electron chi connectivity index (χ3n) is 16.1. The number of benzene rings is 8. The second-order valence-electron chi connectivity index (χ2n) is 21.0. The molecule has 8 aromatic carbocycles. The normalized spacial score (nSPS) is 13.7. The summed E-state index contributed by atoms with van der Waals surface area (Å²) in [5, 5.41) is 0. The van der Waals surface area contributed by atoms with E-state index >= 15 is 0 Å². The summed E-state index contributed by atoms with van der Waals surface area (Å²) < 4.78 is 0. The Labute approximate surface area is 412 Å². The van der Waals surface area contributed by atoms with Crippen molar-refractivity contribution in [1.82, 2.24) is 0 Å². The van der Waals surface area contributed by atoms with E-state index in [1.807, 2.05) is 0 Å². The lowest BCUT2D eigenvalue weighted by Gasteiger charge is -2.36. The number of fused-ring (bicyclic) bond motifs is 5. The van der Waals surface area contributed by atoms with Crippen LogP contribution in [0.15, 0.2) is 158 Å². The van der Waals surface area contributed by atoms with Gasteiger partial charge in [0.2, 0.25) is 0 Å². The number of anilines is 6. The Kier molecular flexibility index (Phi) is 12.1. The average Bonchev–Trinajstić information content (AvgIpc) is 3.58. The van der Waals surface area contributed by atoms with Crippen molar-refractivity contribution in [3.8, 4) is 11.1 Å². The van der Waals surface area contributed by atoms with Gasteiger partial charge in [0.1, 0.15) is 0 Å². The van der Waals surface area contributed by atoms with Crippen molar-refractivity contribution in [2.45, 2.75) is 124 Å². The van der Waals surface area contributed by atoms with Crippen molar-refractivity contribution in [2.75, 3.05) is 9.80 Å². The number of unbranched alkanes of at least 4 members (excludes halogenated alkanes) is 2. The van der Waals surface area contributed by atoms with Gasteiger partial charge in [-0.3, -0.25) is 0 Å². The van der Waals surface area contributed by atoms with Gasteiger partial charge < -0.3 is 9.80 Å². The van der Waals surface area contributed by atoms with Gasteiger partial charge in [-0.25, -0.2) is 0 Å². The predicted octanol–water partition coefficient (Wildman–Crippen LogP) is 17.8. The highest BCUT2D eigenvalue weighted by molar-refractivity contribution is 5.90. The Balaban J connectivity index is 1.07. The smallest absolute Gasteiger partial charge is 0.0520 e. The number of hydrogen-bond donors (Lipinski definition) is 0. The van der Waals surface area contributed by atoms with E-state index in [0.717, 1.165) is 38.5 Å². The van der Waals surface area contributed by atoms with Crippen LogP contribution in [0.5, 0.6) is 0 Å². The van der Waals surface area contributed by atoms with Crippen LogP contribution in [0.1, 0.15) is 116 Å². The molecule has 0 radical (unpaired) electrons. The number of rotatable bonds is 16. The maximum atomic E-state index is 2.62. The van der Waals surface area contributed by atoms with Gasteiger partial charge in [0.05, 0.1) is 11.4 Å². The molecule has 0 bridgehead atoms. The molecule has 2 nitrogen and oxygen atoms in total. The quantitative estimate of drug-likeness (QED) is 0.0892. The van der Waals surface area contributed by atoms with Crippen LogP contribution < -0.4 is 9.80 Å². The Morgan fingerprint density at radius 2 is 0.754 bits per heavy atom. The molecular weight excluding hydrogens is 833 g/mol. The van der Waals surface area contributed by atoms with E-state index in [1.54, 1.807) is 22.3 Å². The van der Waals surface area contributed by atoms with E-state index < -0.39 is 0 Å².